The van der Waals surface area contributed by atoms with Gasteiger partial charge in [0.1, 0.15) is 5.54 Å². The largest absolute Gasteiger partial charge is 0.459 e. The van der Waals surface area contributed by atoms with Gasteiger partial charge in [-0.15, -0.1) is 0 Å². The second-order valence-electron chi connectivity index (χ2n) is 8.61. The first-order chi connectivity index (χ1) is 15.1. The van der Waals surface area contributed by atoms with E-state index >= 15 is 0 Å². The van der Waals surface area contributed by atoms with Crippen molar-refractivity contribution in [3.8, 4) is 11.1 Å². The minimum atomic E-state index is -1.17. The molecule has 0 spiro atoms. The van der Waals surface area contributed by atoms with Crippen molar-refractivity contribution in [1.29, 1.82) is 0 Å². The number of benzene rings is 2. The molecule has 0 bridgehead atoms. The molecule has 1 N–H and O–H groups in total. The number of nitrogens with one attached hydrogen (secondary N) is 1. The van der Waals surface area contributed by atoms with Gasteiger partial charge in [-0.3, -0.25) is 9.59 Å². The van der Waals surface area contributed by atoms with Gasteiger partial charge in [-0.05, 0) is 42.5 Å². The molecule has 5 rings (SSSR count). The molecule has 1 fully saturated rings. The van der Waals surface area contributed by atoms with Gasteiger partial charge < -0.3 is 14.6 Å². The van der Waals surface area contributed by atoms with Crippen molar-refractivity contribution in [2.75, 3.05) is 0 Å². The second kappa shape index (κ2) is 7.73. The fourth-order valence-corrected chi connectivity index (χ4v) is 4.94. The maximum atomic E-state index is 13.9. The van der Waals surface area contributed by atoms with Crippen LogP contribution in [0.15, 0.2) is 71.3 Å². The molecular weight excluding hydrogens is 388 g/mol. The Morgan fingerprint density at radius 2 is 1.74 bits per heavy atom. The zero-order chi connectivity index (χ0) is 21.4. The van der Waals surface area contributed by atoms with Crippen molar-refractivity contribution < 1.29 is 14.0 Å². The summed E-state index contributed by atoms with van der Waals surface area (Å²) < 4.78 is 5.66. The third-order valence-corrected chi connectivity index (χ3v) is 6.70. The summed E-state index contributed by atoms with van der Waals surface area (Å²) in [5, 5.41) is 3.25. The quantitative estimate of drug-likeness (QED) is 0.662. The highest BCUT2D eigenvalue weighted by Gasteiger charge is 2.49. The van der Waals surface area contributed by atoms with Crippen LogP contribution >= 0.6 is 0 Å². The van der Waals surface area contributed by atoms with Gasteiger partial charge in [0.05, 0.1) is 6.26 Å². The Morgan fingerprint density at radius 3 is 2.52 bits per heavy atom. The van der Waals surface area contributed by atoms with Gasteiger partial charge in [0.25, 0.3) is 11.8 Å². The van der Waals surface area contributed by atoms with Crippen LogP contribution in [0.5, 0.6) is 0 Å². The fourth-order valence-electron chi connectivity index (χ4n) is 4.94. The zero-order valence-electron chi connectivity index (χ0n) is 17.6. The van der Waals surface area contributed by atoms with Gasteiger partial charge in [-0.2, -0.15) is 0 Å². The zero-order valence-corrected chi connectivity index (χ0v) is 17.6. The van der Waals surface area contributed by atoms with E-state index in [1.165, 1.54) is 0 Å². The predicted octanol–water partition coefficient (Wildman–Crippen LogP) is 4.88. The first-order valence-corrected chi connectivity index (χ1v) is 10.9. The number of hydrogen-bond donors (Lipinski definition) is 1. The van der Waals surface area contributed by atoms with Crippen molar-refractivity contribution in [3.63, 3.8) is 0 Å². The second-order valence-corrected chi connectivity index (χ2v) is 8.61. The van der Waals surface area contributed by atoms with E-state index in [0.717, 1.165) is 47.9 Å². The topological polar surface area (TPSA) is 62.6 Å². The minimum Gasteiger partial charge on any atom is -0.459 e. The molecule has 2 aromatic carbocycles. The standard InChI is InChI=1S/C26H26N2O3/c1-26(25(30)27-19-11-5-6-12-19)22-14-8-7-13-20(22)21-15-16-31-23(21)24(29)28(26)17-18-9-3-2-4-10-18/h2-4,7-10,13-16,19H,5-6,11-12,17H2,1H3,(H,27,30). The lowest BCUT2D eigenvalue weighted by Crippen LogP contribution is -2.57. The number of hydrogen-bond acceptors (Lipinski definition) is 3. The predicted molar refractivity (Wildman–Crippen MR) is 118 cm³/mol. The number of carbonyl (C=O) groups is 2. The maximum absolute atomic E-state index is 13.9. The monoisotopic (exact) mass is 414 g/mol. The number of amides is 2. The number of fused-ring (bicyclic) bond motifs is 3. The molecule has 5 nitrogen and oxygen atoms in total. The molecule has 1 aromatic heterocycles. The summed E-state index contributed by atoms with van der Waals surface area (Å²) in [7, 11) is 0. The summed E-state index contributed by atoms with van der Waals surface area (Å²) in [6, 6.07) is 19.5. The van der Waals surface area contributed by atoms with E-state index in [2.05, 4.69) is 5.32 Å². The Balaban J connectivity index is 1.67. The van der Waals surface area contributed by atoms with Crippen LogP contribution in [0.2, 0.25) is 0 Å². The Labute approximate surface area is 182 Å². The summed E-state index contributed by atoms with van der Waals surface area (Å²) in [5.74, 6) is -0.133. The van der Waals surface area contributed by atoms with E-state index in [1.807, 2.05) is 67.6 Å². The van der Waals surface area contributed by atoms with Crippen molar-refractivity contribution in [2.45, 2.75) is 50.7 Å². The number of rotatable bonds is 4. The van der Waals surface area contributed by atoms with Gasteiger partial charge >= 0.3 is 0 Å². The molecule has 5 heteroatoms. The Hall–Kier alpha value is -3.34. The number of furan rings is 1. The average Bonchev–Trinajstić information content (AvgIpc) is 3.48. The highest BCUT2D eigenvalue weighted by molar-refractivity contribution is 6.05. The van der Waals surface area contributed by atoms with E-state index in [0.29, 0.717) is 6.54 Å². The van der Waals surface area contributed by atoms with Crippen molar-refractivity contribution in [3.05, 3.63) is 83.8 Å². The summed E-state index contributed by atoms with van der Waals surface area (Å²) in [6.45, 7) is 2.17. The molecule has 1 aliphatic carbocycles. The Morgan fingerprint density at radius 1 is 1.03 bits per heavy atom. The minimum absolute atomic E-state index is 0.138. The van der Waals surface area contributed by atoms with Crippen molar-refractivity contribution >= 4 is 11.8 Å². The van der Waals surface area contributed by atoms with Crippen molar-refractivity contribution in [2.24, 2.45) is 0 Å². The lowest BCUT2D eigenvalue weighted by Gasteiger charge is -2.40. The fraction of sp³-hybridized carbons (Fsp3) is 0.308. The molecule has 2 aliphatic rings. The Kier molecular flexibility index (Phi) is 4.89. The van der Waals surface area contributed by atoms with Crippen LogP contribution in [-0.4, -0.2) is 22.8 Å². The molecular formula is C26H26N2O3. The highest BCUT2D eigenvalue weighted by atomic mass is 16.3. The first-order valence-electron chi connectivity index (χ1n) is 10.9. The molecule has 2 amide bonds. The Bertz CT molecular complexity index is 1110. The van der Waals surface area contributed by atoms with E-state index in [-0.39, 0.29) is 23.6 Å². The molecule has 31 heavy (non-hydrogen) atoms. The SMILES string of the molecule is CC1(C(=O)NC2CCCC2)c2ccccc2-c2ccoc2C(=O)N1Cc1ccccc1. The molecule has 2 heterocycles. The molecule has 0 radical (unpaired) electrons. The van der Waals surface area contributed by atoms with Gasteiger partial charge in [0, 0.05) is 18.2 Å². The van der Waals surface area contributed by atoms with E-state index in [9.17, 15) is 9.59 Å². The van der Waals surface area contributed by atoms with Crippen LogP contribution in [0.25, 0.3) is 11.1 Å². The van der Waals surface area contributed by atoms with Gasteiger partial charge in [0.15, 0.2) is 5.76 Å². The van der Waals surface area contributed by atoms with E-state index in [4.69, 9.17) is 4.42 Å². The summed E-state index contributed by atoms with van der Waals surface area (Å²) in [5.41, 5.74) is 2.20. The van der Waals surface area contributed by atoms with E-state index in [1.54, 1.807) is 11.2 Å². The summed E-state index contributed by atoms with van der Waals surface area (Å²) >= 11 is 0. The maximum Gasteiger partial charge on any atom is 0.291 e. The van der Waals surface area contributed by atoms with Crippen LogP contribution in [0.1, 0.15) is 54.3 Å². The highest BCUT2D eigenvalue weighted by Crippen LogP contribution is 2.43. The smallest absolute Gasteiger partial charge is 0.291 e. The lowest BCUT2D eigenvalue weighted by atomic mass is 9.84. The number of nitrogens with zero attached hydrogens (tertiary/aromatic N) is 1. The molecule has 1 saturated carbocycles. The average molecular weight is 415 g/mol. The molecule has 3 aromatic rings. The number of carbonyl (C=O) groups excluding carboxylic acids is 2. The third-order valence-electron chi connectivity index (χ3n) is 6.70. The first kappa shape index (κ1) is 19.6. The van der Waals surface area contributed by atoms with Crippen LogP contribution < -0.4 is 5.32 Å². The third kappa shape index (κ3) is 3.25. The molecule has 1 unspecified atom stereocenters. The summed E-state index contributed by atoms with van der Waals surface area (Å²) in [6.07, 6.45) is 5.76. The molecule has 1 atom stereocenters. The lowest BCUT2D eigenvalue weighted by molar-refractivity contribution is -0.133. The van der Waals surface area contributed by atoms with Crippen molar-refractivity contribution in [1.82, 2.24) is 10.2 Å². The van der Waals surface area contributed by atoms with Crippen LogP contribution in [-0.2, 0) is 16.9 Å². The summed E-state index contributed by atoms with van der Waals surface area (Å²) in [4.78, 5) is 29.3. The van der Waals surface area contributed by atoms with Gasteiger partial charge in [-0.1, -0.05) is 67.4 Å². The normalized spacial score (nSPS) is 20.8. The molecule has 158 valence electrons. The molecule has 1 aliphatic heterocycles. The van der Waals surface area contributed by atoms with Gasteiger partial charge in [-0.25, -0.2) is 0 Å². The van der Waals surface area contributed by atoms with Crippen LogP contribution in [0, 0.1) is 0 Å². The van der Waals surface area contributed by atoms with Crippen LogP contribution in [0.4, 0.5) is 0 Å². The molecule has 0 saturated heterocycles. The van der Waals surface area contributed by atoms with Crippen LogP contribution in [0.3, 0.4) is 0 Å². The van der Waals surface area contributed by atoms with E-state index < -0.39 is 5.54 Å². The van der Waals surface area contributed by atoms with Gasteiger partial charge in [0.2, 0.25) is 0 Å².